The van der Waals surface area contributed by atoms with Gasteiger partial charge < -0.3 is 4.57 Å². The molecular formula is C18H11ClFN. The highest BCUT2D eigenvalue weighted by atomic mass is 35.5. The molecule has 4 aromatic rings. The van der Waals surface area contributed by atoms with Crippen molar-refractivity contribution in [3.05, 3.63) is 77.6 Å². The first-order valence-corrected chi connectivity index (χ1v) is 7.06. The summed E-state index contributed by atoms with van der Waals surface area (Å²) in [5.41, 5.74) is 2.87. The fourth-order valence-electron chi connectivity index (χ4n) is 2.82. The molecule has 4 rings (SSSR count). The molecule has 0 unspecified atom stereocenters. The lowest BCUT2D eigenvalue weighted by Crippen LogP contribution is -1.93. The molecule has 21 heavy (non-hydrogen) atoms. The maximum absolute atomic E-state index is 13.7. The van der Waals surface area contributed by atoms with Crippen LogP contribution in [0.5, 0.6) is 0 Å². The van der Waals surface area contributed by atoms with Crippen LogP contribution in [0.3, 0.4) is 0 Å². The fraction of sp³-hybridized carbons (Fsp3) is 0. The van der Waals surface area contributed by atoms with Crippen molar-refractivity contribution in [1.82, 2.24) is 4.57 Å². The van der Waals surface area contributed by atoms with Crippen LogP contribution in [0.2, 0.25) is 5.02 Å². The van der Waals surface area contributed by atoms with E-state index in [-0.39, 0.29) is 5.82 Å². The van der Waals surface area contributed by atoms with E-state index in [0.29, 0.717) is 5.02 Å². The second-order valence-electron chi connectivity index (χ2n) is 4.99. The number of nitrogens with zero attached hydrogens (tertiary/aromatic N) is 1. The molecule has 0 amide bonds. The van der Waals surface area contributed by atoms with Crippen LogP contribution in [-0.4, -0.2) is 4.57 Å². The first kappa shape index (κ1) is 12.4. The predicted molar refractivity (Wildman–Crippen MR) is 85.7 cm³/mol. The Hall–Kier alpha value is -2.32. The summed E-state index contributed by atoms with van der Waals surface area (Å²) in [6.45, 7) is 0. The van der Waals surface area contributed by atoms with E-state index in [0.717, 1.165) is 27.5 Å². The van der Waals surface area contributed by atoms with Crippen molar-refractivity contribution in [2.45, 2.75) is 0 Å². The van der Waals surface area contributed by atoms with Gasteiger partial charge in [-0.05, 0) is 48.5 Å². The molecule has 102 valence electrons. The zero-order valence-electron chi connectivity index (χ0n) is 11.1. The third kappa shape index (κ3) is 1.91. The van der Waals surface area contributed by atoms with Crippen molar-refractivity contribution in [2.75, 3.05) is 0 Å². The standard InChI is InChI=1S/C18H11ClFN/c19-12-6-9-17-16(10-12)15-8-7-13(20)11-18(15)21(17)14-4-2-1-3-5-14/h1-11H. The summed E-state index contributed by atoms with van der Waals surface area (Å²) in [7, 11) is 0. The Morgan fingerprint density at radius 2 is 1.57 bits per heavy atom. The number of para-hydroxylation sites is 1. The van der Waals surface area contributed by atoms with Gasteiger partial charge in [0.2, 0.25) is 0 Å². The van der Waals surface area contributed by atoms with Crippen molar-refractivity contribution >= 4 is 33.4 Å². The van der Waals surface area contributed by atoms with Crippen LogP contribution in [0, 0.1) is 5.82 Å². The van der Waals surface area contributed by atoms with Crippen LogP contribution in [0.4, 0.5) is 4.39 Å². The van der Waals surface area contributed by atoms with E-state index in [1.807, 2.05) is 54.6 Å². The van der Waals surface area contributed by atoms with Crippen LogP contribution in [0.1, 0.15) is 0 Å². The number of aromatic nitrogens is 1. The lowest BCUT2D eigenvalue weighted by Gasteiger charge is -2.07. The highest BCUT2D eigenvalue weighted by Gasteiger charge is 2.12. The number of fused-ring (bicyclic) bond motifs is 3. The van der Waals surface area contributed by atoms with Crippen LogP contribution in [0.25, 0.3) is 27.5 Å². The second-order valence-corrected chi connectivity index (χ2v) is 5.43. The largest absolute Gasteiger partial charge is 0.309 e. The van der Waals surface area contributed by atoms with Gasteiger partial charge in [-0.25, -0.2) is 4.39 Å². The van der Waals surface area contributed by atoms with E-state index < -0.39 is 0 Å². The molecule has 0 aliphatic rings. The first-order chi connectivity index (χ1) is 10.2. The summed E-state index contributed by atoms with van der Waals surface area (Å²) >= 11 is 6.12. The molecule has 1 heterocycles. The van der Waals surface area contributed by atoms with Gasteiger partial charge in [-0.1, -0.05) is 29.8 Å². The number of halogens is 2. The molecule has 0 saturated carbocycles. The summed E-state index contributed by atoms with van der Waals surface area (Å²) in [5.74, 6) is -0.242. The highest BCUT2D eigenvalue weighted by molar-refractivity contribution is 6.32. The van der Waals surface area contributed by atoms with Crippen molar-refractivity contribution in [3.63, 3.8) is 0 Å². The topological polar surface area (TPSA) is 4.93 Å². The van der Waals surface area contributed by atoms with E-state index in [4.69, 9.17) is 11.6 Å². The minimum Gasteiger partial charge on any atom is -0.309 e. The van der Waals surface area contributed by atoms with Crippen LogP contribution < -0.4 is 0 Å². The first-order valence-electron chi connectivity index (χ1n) is 6.69. The molecule has 0 atom stereocenters. The average molecular weight is 296 g/mol. The van der Waals surface area contributed by atoms with Gasteiger partial charge >= 0.3 is 0 Å². The summed E-state index contributed by atoms with van der Waals surface area (Å²) < 4.78 is 15.8. The van der Waals surface area contributed by atoms with Gasteiger partial charge in [0.25, 0.3) is 0 Å². The lowest BCUT2D eigenvalue weighted by atomic mass is 10.1. The van der Waals surface area contributed by atoms with Gasteiger partial charge in [0, 0.05) is 21.5 Å². The normalized spacial score (nSPS) is 11.3. The molecule has 3 heteroatoms. The average Bonchev–Trinajstić information content (AvgIpc) is 2.81. The van der Waals surface area contributed by atoms with Crippen LogP contribution >= 0.6 is 11.6 Å². The molecule has 0 N–H and O–H groups in total. The van der Waals surface area contributed by atoms with E-state index in [2.05, 4.69) is 4.57 Å². The molecule has 0 fully saturated rings. The molecule has 1 nitrogen and oxygen atoms in total. The highest BCUT2D eigenvalue weighted by Crippen LogP contribution is 2.33. The summed E-state index contributed by atoms with van der Waals surface area (Å²) in [6, 6.07) is 20.6. The van der Waals surface area contributed by atoms with Gasteiger partial charge in [-0.15, -0.1) is 0 Å². The molecule has 0 radical (unpaired) electrons. The Bertz CT molecular complexity index is 957. The second kappa shape index (κ2) is 4.61. The zero-order chi connectivity index (χ0) is 14.4. The maximum Gasteiger partial charge on any atom is 0.125 e. The van der Waals surface area contributed by atoms with Crippen molar-refractivity contribution < 1.29 is 4.39 Å². The SMILES string of the molecule is Fc1ccc2c3cc(Cl)ccc3n(-c3ccccc3)c2c1. The molecule has 3 aromatic carbocycles. The third-order valence-corrected chi connectivity index (χ3v) is 3.94. The van der Waals surface area contributed by atoms with Gasteiger partial charge in [0.1, 0.15) is 5.82 Å². The van der Waals surface area contributed by atoms with Crippen LogP contribution in [0.15, 0.2) is 66.7 Å². The number of hydrogen-bond acceptors (Lipinski definition) is 0. The lowest BCUT2D eigenvalue weighted by molar-refractivity contribution is 0.629. The van der Waals surface area contributed by atoms with Crippen molar-refractivity contribution in [3.8, 4) is 5.69 Å². The van der Waals surface area contributed by atoms with Crippen molar-refractivity contribution in [1.29, 1.82) is 0 Å². The fourth-order valence-corrected chi connectivity index (χ4v) is 2.99. The smallest absolute Gasteiger partial charge is 0.125 e. The van der Waals surface area contributed by atoms with Crippen molar-refractivity contribution in [2.24, 2.45) is 0 Å². The Balaban J connectivity index is 2.23. The molecule has 1 aromatic heterocycles. The zero-order valence-corrected chi connectivity index (χ0v) is 11.8. The Morgan fingerprint density at radius 3 is 2.38 bits per heavy atom. The van der Waals surface area contributed by atoms with E-state index in [1.54, 1.807) is 6.07 Å². The molecule has 0 spiro atoms. The number of hydrogen-bond donors (Lipinski definition) is 0. The van der Waals surface area contributed by atoms with Gasteiger partial charge in [-0.2, -0.15) is 0 Å². The predicted octanol–water partition coefficient (Wildman–Crippen LogP) is 5.58. The molecule has 0 saturated heterocycles. The van der Waals surface area contributed by atoms with Gasteiger partial charge in [0.15, 0.2) is 0 Å². The Labute approximate surface area is 126 Å². The summed E-state index contributed by atoms with van der Waals surface area (Å²) in [4.78, 5) is 0. The van der Waals surface area contributed by atoms with Crippen LogP contribution in [-0.2, 0) is 0 Å². The molecule has 0 bridgehead atoms. The van der Waals surface area contributed by atoms with E-state index in [1.165, 1.54) is 6.07 Å². The van der Waals surface area contributed by atoms with E-state index in [9.17, 15) is 4.39 Å². The third-order valence-electron chi connectivity index (χ3n) is 3.70. The molecular weight excluding hydrogens is 285 g/mol. The minimum atomic E-state index is -0.242. The minimum absolute atomic E-state index is 0.242. The Morgan fingerprint density at radius 1 is 0.762 bits per heavy atom. The van der Waals surface area contributed by atoms with E-state index >= 15 is 0 Å². The number of rotatable bonds is 1. The van der Waals surface area contributed by atoms with Gasteiger partial charge in [0.05, 0.1) is 11.0 Å². The summed E-state index contributed by atoms with van der Waals surface area (Å²) in [6.07, 6.45) is 0. The monoisotopic (exact) mass is 295 g/mol. The quantitative estimate of drug-likeness (QED) is 0.432. The maximum atomic E-state index is 13.7. The molecule has 0 aliphatic heterocycles. The Kier molecular flexibility index (Phi) is 2.72. The molecule has 0 aliphatic carbocycles. The van der Waals surface area contributed by atoms with Gasteiger partial charge in [-0.3, -0.25) is 0 Å². The summed E-state index contributed by atoms with van der Waals surface area (Å²) in [5, 5.41) is 2.71. The number of benzene rings is 3.